The summed E-state index contributed by atoms with van der Waals surface area (Å²) >= 11 is 0. The molecule has 0 aliphatic carbocycles. The van der Waals surface area contributed by atoms with Gasteiger partial charge in [0.1, 0.15) is 18.1 Å². The van der Waals surface area contributed by atoms with Crippen LogP contribution in [0.1, 0.15) is 90.7 Å². The first-order chi connectivity index (χ1) is 33.8. The number of esters is 1. The van der Waals surface area contributed by atoms with Crippen LogP contribution in [0.5, 0.6) is 0 Å². The van der Waals surface area contributed by atoms with Crippen molar-refractivity contribution in [2.45, 2.75) is 111 Å². The molecule has 8 rings (SSSR count). The number of hydrogen-bond acceptors (Lipinski definition) is 10. The van der Waals surface area contributed by atoms with E-state index in [9.17, 15) is 24.0 Å². The molecule has 15 nitrogen and oxygen atoms in total. The maximum absolute atomic E-state index is 14.8. The number of nitrogens with one attached hydrogen (secondary N) is 2. The SMILES string of the molecule is CCn1c(-c2cccnc2[C@H](C)OC)c2c3cc(ccc31)-c1cccc(c1)C[C@H](NC(=O)C(C(C)C)N(C)C(=O)[C@H]1CCN(C(=O)C#CC3(C)CN(C)C3)C1)C(=O)N1CCC[C@H](N1)C(=O)OCC(C)(C)C2. The number of aromatic nitrogens is 2. The van der Waals surface area contributed by atoms with Crippen LogP contribution < -0.4 is 10.7 Å². The van der Waals surface area contributed by atoms with Gasteiger partial charge < -0.3 is 34.1 Å². The monoisotopic (exact) mass is 969 g/mol. The largest absolute Gasteiger partial charge is 0.464 e. The van der Waals surface area contributed by atoms with Gasteiger partial charge in [-0.3, -0.25) is 34.0 Å². The lowest BCUT2D eigenvalue weighted by molar-refractivity contribution is -0.155. The highest BCUT2D eigenvalue weighted by atomic mass is 16.5. The quantitative estimate of drug-likeness (QED) is 0.150. The first-order valence-corrected chi connectivity index (χ1v) is 25.3. The summed E-state index contributed by atoms with van der Waals surface area (Å²) in [5, 5.41) is 5.61. The zero-order valence-corrected chi connectivity index (χ0v) is 43.3. The molecule has 4 amide bonds. The summed E-state index contributed by atoms with van der Waals surface area (Å²) in [6.07, 6.45) is 3.74. The topological polar surface area (TPSA) is 159 Å². The highest BCUT2D eigenvalue weighted by Crippen LogP contribution is 2.42. The van der Waals surface area contributed by atoms with Crippen molar-refractivity contribution in [2.24, 2.45) is 22.7 Å². The van der Waals surface area contributed by atoms with Gasteiger partial charge in [0.2, 0.25) is 11.8 Å². The number of benzene rings is 2. The number of amides is 4. The summed E-state index contributed by atoms with van der Waals surface area (Å²) < 4.78 is 14.3. The molecule has 4 aromatic rings. The lowest BCUT2D eigenvalue weighted by Gasteiger charge is -2.42. The summed E-state index contributed by atoms with van der Waals surface area (Å²) in [5.74, 6) is 3.29. The van der Waals surface area contributed by atoms with E-state index in [0.717, 1.165) is 63.2 Å². The van der Waals surface area contributed by atoms with E-state index in [1.165, 1.54) is 9.91 Å². The minimum atomic E-state index is -1.06. The standard InChI is InChI=1S/C56H72N8O7/c1-11-63-46-20-19-39-29-42(46)43(50(63)41-17-13-24-57-48(41)36(4)70-10)30-55(5,6)34-71-54(69)44-18-14-25-64(59-44)53(68)45(28-37-15-12-16-38(39)27-37)58-51(66)49(35(2)3)61(9)52(67)40-22-26-62(31-40)47(65)21-23-56(7)32-60(8)33-56/h12-13,15-17,19-20,24,27,29,35-36,40,44-45,49,59H,11,14,18,22,25-26,28,30-34H2,1-10H3,(H,58,66)/t36-,40-,44-,45-,49?/m0/s1. The number of likely N-dealkylation sites (N-methyl/N-ethyl adjacent to an activating group) is 1. The summed E-state index contributed by atoms with van der Waals surface area (Å²) in [5.41, 5.74) is 10.3. The van der Waals surface area contributed by atoms with Crippen LogP contribution in [0.15, 0.2) is 60.8 Å². The van der Waals surface area contributed by atoms with Crippen molar-refractivity contribution >= 4 is 40.5 Å². The molecule has 0 saturated carbocycles. The van der Waals surface area contributed by atoms with E-state index in [2.05, 4.69) is 89.2 Å². The number of fused-ring (bicyclic) bond motifs is 6. The van der Waals surface area contributed by atoms with Gasteiger partial charge in [-0.25, -0.2) is 5.43 Å². The number of methoxy groups -OCH3 is 1. The second-order valence-electron chi connectivity index (χ2n) is 21.7. The number of nitrogens with zero attached hydrogens (tertiary/aromatic N) is 6. The predicted molar refractivity (Wildman–Crippen MR) is 273 cm³/mol. The van der Waals surface area contributed by atoms with Crippen LogP contribution in [0.2, 0.25) is 0 Å². The molecule has 2 N–H and O–H groups in total. The second-order valence-corrected chi connectivity index (χ2v) is 21.7. The van der Waals surface area contributed by atoms with Crippen molar-refractivity contribution < 1.29 is 33.4 Å². The van der Waals surface area contributed by atoms with E-state index in [0.29, 0.717) is 45.3 Å². The third-order valence-electron chi connectivity index (χ3n) is 14.8. The average Bonchev–Trinajstić information content (AvgIpc) is 3.96. The molecule has 6 heterocycles. The van der Waals surface area contributed by atoms with Crippen LogP contribution in [0, 0.1) is 34.5 Å². The molecule has 5 atom stereocenters. The molecule has 3 fully saturated rings. The third kappa shape index (κ3) is 10.9. The Morgan fingerprint density at radius 3 is 2.49 bits per heavy atom. The Bertz CT molecular complexity index is 2750. The Labute approximate surface area is 418 Å². The van der Waals surface area contributed by atoms with Crippen molar-refractivity contribution in [1.82, 2.24) is 40.0 Å². The van der Waals surface area contributed by atoms with E-state index in [1.807, 2.05) is 52.9 Å². The smallest absolute Gasteiger partial charge is 0.324 e. The van der Waals surface area contributed by atoms with Gasteiger partial charge in [0.15, 0.2) is 0 Å². The zero-order valence-electron chi connectivity index (χ0n) is 43.3. The van der Waals surface area contributed by atoms with Gasteiger partial charge in [-0.05, 0) is 112 Å². The maximum Gasteiger partial charge on any atom is 0.324 e. The molecule has 1 unspecified atom stereocenters. The Morgan fingerprint density at radius 1 is 1.01 bits per heavy atom. The molecule has 71 heavy (non-hydrogen) atoms. The molecule has 6 bridgehead atoms. The molecule has 4 aliphatic rings. The Hall–Kier alpha value is -6.08. The fourth-order valence-corrected chi connectivity index (χ4v) is 11.2. The molecule has 2 aromatic heterocycles. The molecular weight excluding hydrogens is 897 g/mol. The number of aryl methyl sites for hydroxylation is 1. The number of rotatable bonds is 9. The van der Waals surface area contributed by atoms with Crippen molar-refractivity contribution in [3.05, 3.63) is 77.6 Å². The Balaban J connectivity index is 1.12. The minimum Gasteiger partial charge on any atom is -0.464 e. The van der Waals surface area contributed by atoms with E-state index < -0.39 is 47.2 Å². The maximum atomic E-state index is 14.8. The number of carbonyl (C=O) groups excluding carboxylic acids is 5. The van der Waals surface area contributed by atoms with Crippen molar-refractivity contribution in [2.75, 3.05) is 60.5 Å². The van der Waals surface area contributed by atoms with E-state index in [4.69, 9.17) is 14.5 Å². The lowest BCUT2D eigenvalue weighted by Crippen LogP contribution is -2.62. The summed E-state index contributed by atoms with van der Waals surface area (Å²) in [6.45, 7) is 17.5. The number of pyridine rings is 1. The molecule has 0 radical (unpaired) electrons. The predicted octanol–water partition coefficient (Wildman–Crippen LogP) is 6.03. The molecule has 0 spiro atoms. The highest BCUT2D eigenvalue weighted by molar-refractivity contribution is 5.97. The first kappa shape index (κ1) is 51.3. The van der Waals surface area contributed by atoms with Gasteiger partial charge in [-0.2, -0.15) is 0 Å². The normalized spacial score (nSPS) is 22.2. The van der Waals surface area contributed by atoms with E-state index in [-0.39, 0.29) is 48.8 Å². The van der Waals surface area contributed by atoms with Crippen LogP contribution in [0.3, 0.4) is 0 Å². The third-order valence-corrected chi connectivity index (χ3v) is 14.8. The van der Waals surface area contributed by atoms with E-state index in [1.54, 1.807) is 25.3 Å². The zero-order chi connectivity index (χ0) is 50.9. The number of hydrazine groups is 1. The molecule has 4 aliphatic heterocycles. The molecule has 378 valence electrons. The number of cyclic esters (lactones) is 1. The fraction of sp³-hybridized carbons (Fsp3) is 0.536. The molecule has 15 heteroatoms. The molecule has 3 saturated heterocycles. The van der Waals surface area contributed by atoms with Gasteiger partial charge >= 0.3 is 5.97 Å². The summed E-state index contributed by atoms with van der Waals surface area (Å²) in [6, 6.07) is 15.9. The highest BCUT2D eigenvalue weighted by Gasteiger charge is 2.41. The summed E-state index contributed by atoms with van der Waals surface area (Å²) in [4.78, 5) is 80.9. The van der Waals surface area contributed by atoms with Gasteiger partial charge in [0.05, 0.1) is 35.4 Å². The van der Waals surface area contributed by atoms with Crippen LogP contribution >= 0.6 is 0 Å². The molecular formula is C56H72N8O7. The van der Waals surface area contributed by atoms with E-state index >= 15 is 0 Å². The Kier molecular flexibility index (Phi) is 15.1. The average molecular weight is 969 g/mol. The van der Waals surface area contributed by atoms with Gasteiger partial charge in [0.25, 0.3) is 11.8 Å². The van der Waals surface area contributed by atoms with Gasteiger partial charge in [0, 0.05) is 87.9 Å². The van der Waals surface area contributed by atoms with Crippen LogP contribution in [-0.2, 0) is 52.8 Å². The Morgan fingerprint density at radius 2 is 1.77 bits per heavy atom. The summed E-state index contributed by atoms with van der Waals surface area (Å²) in [7, 11) is 5.33. The molecule has 2 aromatic carbocycles. The van der Waals surface area contributed by atoms with Crippen LogP contribution in [-0.4, -0.2) is 138 Å². The van der Waals surface area contributed by atoms with Crippen LogP contribution in [0.25, 0.3) is 33.3 Å². The minimum absolute atomic E-state index is 0.134. The second kappa shape index (κ2) is 20.9. The number of ether oxygens (including phenoxy) is 2. The van der Waals surface area contributed by atoms with Crippen molar-refractivity contribution in [3.8, 4) is 34.2 Å². The van der Waals surface area contributed by atoms with Crippen LogP contribution in [0.4, 0.5) is 0 Å². The number of hydrogen-bond donors (Lipinski definition) is 2. The lowest BCUT2D eigenvalue weighted by atomic mass is 9.83. The fourth-order valence-electron chi connectivity index (χ4n) is 11.2. The van der Waals surface area contributed by atoms with Gasteiger partial charge in [-0.15, -0.1) is 0 Å². The van der Waals surface area contributed by atoms with Crippen molar-refractivity contribution in [1.29, 1.82) is 0 Å². The van der Waals surface area contributed by atoms with Gasteiger partial charge in [-0.1, -0.05) is 63.9 Å². The van der Waals surface area contributed by atoms with Crippen molar-refractivity contribution in [3.63, 3.8) is 0 Å². The first-order valence-electron chi connectivity index (χ1n) is 25.3. The number of carbonyl (C=O) groups is 5. The number of likely N-dealkylation sites (tertiary alicyclic amines) is 2.